The van der Waals surface area contributed by atoms with Crippen LogP contribution >= 0.6 is 24.0 Å². The van der Waals surface area contributed by atoms with Crippen LogP contribution in [0, 0.1) is 0 Å². The van der Waals surface area contributed by atoms with Gasteiger partial charge in [-0.05, 0) is 63.5 Å². The minimum Gasteiger partial charge on any atom is -0.494 e. The lowest BCUT2D eigenvalue weighted by molar-refractivity contribution is 0.282. The lowest BCUT2D eigenvalue weighted by Crippen LogP contribution is -2.38. The second-order valence-electron chi connectivity index (χ2n) is 6.54. The maximum Gasteiger partial charge on any atom is 0.191 e. The summed E-state index contributed by atoms with van der Waals surface area (Å²) in [6.07, 6.45) is 6.67. The number of guanidine groups is 1. The van der Waals surface area contributed by atoms with Crippen molar-refractivity contribution in [3.05, 3.63) is 29.8 Å². The van der Waals surface area contributed by atoms with Gasteiger partial charge in [-0.15, -0.1) is 24.0 Å². The molecule has 0 unspecified atom stereocenters. The summed E-state index contributed by atoms with van der Waals surface area (Å²) in [6.45, 7) is 8.11. The van der Waals surface area contributed by atoms with E-state index in [0.29, 0.717) is 6.61 Å². The third-order valence-electron chi connectivity index (χ3n) is 4.54. The Kier molecular flexibility index (Phi) is 12.5. The number of benzene rings is 1. The molecule has 26 heavy (non-hydrogen) atoms. The van der Waals surface area contributed by atoms with Crippen molar-refractivity contribution in [1.29, 1.82) is 0 Å². The average Bonchev–Trinajstić information content (AvgIpc) is 2.90. The third-order valence-corrected chi connectivity index (χ3v) is 4.54. The van der Waals surface area contributed by atoms with Crippen molar-refractivity contribution in [1.82, 2.24) is 15.5 Å². The molecule has 1 aromatic carbocycles. The van der Waals surface area contributed by atoms with Crippen LogP contribution in [0.5, 0.6) is 5.75 Å². The Morgan fingerprint density at radius 1 is 1.15 bits per heavy atom. The van der Waals surface area contributed by atoms with E-state index >= 15 is 0 Å². The molecule has 1 heterocycles. The van der Waals surface area contributed by atoms with Crippen LogP contribution in [0.15, 0.2) is 29.3 Å². The first-order valence-electron chi connectivity index (χ1n) is 9.70. The summed E-state index contributed by atoms with van der Waals surface area (Å²) in [4.78, 5) is 6.91. The first-order chi connectivity index (χ1) is 12.3. The van der Waals surface area contributed by atoms with Gasteiger partial charge in [-0.1, -0.05) is 25.0 Å². The smallest absolute Gasteiger partial charge is 0.191 e. The molecule has 0 amide bonds. The van der Waals surface area contributed by atoms with Crippen LogP contribution in [0.3, 0.4) is 0 Å². The molecule has 5 nitrogen and oxygen atoms in total. The Labute approximate surface area is 176 Å². The summed E-state index contributed by atoms with van der Waals surface area (Å²) in [5, 5.41) is 6.79. The van der Waals surface area contributed by atoms with Crippen LogP contribution in [0.2, 0.25) is 0 Å². The van der Waals surface area contributed by atoms with Crippen LogP contribution < -0.4 is 15.4 Å². The Balaban J connectivity index is 0.00000338. The molecular weight excluding hydrogens is 439 g/mol. The van der Waals surface area contributed by atoms with Crippen molar-refractivity contribution >= 4 is 29.9 Å². The van der Waals surface area contributed by atoms with Gasteiger partial charge in [0.25, 0.3) is 0 Å². The van der Waals surface area contributed by atoms with Gasteiger partial charge in [-0.3, -0.25) is 4.99 Å². The molecule has 0 aliphatic carbocycles. The van der Waals surface area contributed by atoms with Gasteiger partial charge in [0, 0.05) is 20.1 Å². The predicted octanol–water partition coefficient (Wildman–Crippen LogP) is 3.63. The minimum absolute atomic E-state index is 0. The molecule has 0 aromatic heterocycles. The van der Waals surface area contributed by atoms with Crippen molar-refractivity contribution < 1.29 is 4.74 Å². The van der Waals surface area contributed by atoms with E-state index < -0.39 is 0 Å². The molecule has 1 aliphatic rings. The molecule has 1 aliphatic heterocycles. The fraction of sp³-hybridized carbons (Fsp3) is 0.650. The molecular formula is C20H35IN4O. The highest BCUT2D eigenvalue weighted by Crippen LogP contribution is 2.13. The average molecular weight is 474 g/mol. The summed E-state index contributed by atoms with van der Waals surface area (Å²) < 4.78 is 5.55. The first-order valence-corrected chi connectivity index (χ1v) is 9.70. The number of ether oxygens (including phenoxy) is 1. The highest BCUT2D eigenvalue weighted by Gasteiger charge is 2.08. The van der Waals surface area contributed by atoms with Crippen molar-refractivity contribution in [2.75, 3.05) is 39.8 Å². The number of likely N-dealkylation sites (tertiary alicyclic amines) is 1. The van der Waals surface area contributed by atoms with E-state index in [4.69, 9.17) is 4.74 Å². The molecule has 0 atom stereocenters. The van der Waals surface area contributed by atoms with E-state index in [2.05, 4.69) is 32.7 Å². The van der Waals surface area contributed by atoms with Crippen molar-refractivity contribution in [2.45, 2.75) is 45.6 Å². The molecule has 2 N–H and O–H groups in total. The zero-order valence-corrected chi connectivity index (χ0v) is 18.6. The summed E-state index contributed by atoms with van der Waals surface area (Å²) in [5.41, 5.74) is 1.19. The topological polar surface area (TPSA) is 48.9 Å². The molecule has 148 valence electrons. The van der Waals surface area contributed by atoms with E-state index in [1.807, 2.05) is 26.1 Å². The van der Waals surface area contributed by atoms with Crippen LogP contribution in [-0.2, 0) is 6.54 Å². The van der Waals surface area contributed by atoms with E-state index in [0.717, 1.165) is 31.2 Å². The second kappa shape index (κ2) is 14.1. The molecule has 6 heteroatoms. The molecule has 1 aromatic rings. The van der Waals surface area contributed by atoms with Crippen molar-refractivity contribution in [3.63, 3.8) is 0 Å². The van der Waals surface area contributed by atoms with Gasteiger partial charge in [0.05, 0.1) is 6.61 Å². The van der Waals surface area contributed by atoms with E-state index in [1.165, 1.54) is 50.9 Å². The Hall–Kier alpha value is -1.02. The van der Waals surface area contributed by atoms with Gasteiger partial charge in [-0.2, -0.15) is 0 Å². The molecule has 0 spiro atoms. The van der Waals surface area contributed by atoms with Crippen molar-refractivity contribution in [3.8, 4) is 5.75 Å². The Morgan fingerprint density at radius 3 is 2.62 bits per heavy atom. The van der Waals surface area contributed by atoms with E-state index in [1.54, 1.807) is 0 Å². The molecule has 0 bridgehead atoms. The SMILES string of the molecule is CCOc1cccc(CNC(=NC)NCCCN2CCCCCC2)c1.I. The van der Waals surface area contributed by atoms with Crippen LogP contribution in [0.25, 0.3) is 0 Å². The Bertz CT molecular complexity index is 516. The standard InChI is InChI=1S/C20H34N4O.HI/c1-3-25-19-11-8-10-18(16-19)17-23-20(21-2)22-12-9-15-24-13-6-4-5-7-14-24;/h8,10-11,16H,3-7,9,12-15,17H2,1-2H3,(H2,21,22,23);1H. The van der Waals surface area contributed by atoms with Gasteiger partial charge in [-0.25, -0.2) is 0 Å². The first kappa shape index (κ1) is 23.0. The van der Waals surface area contributed by atoms with E-state index in [9.17, 15) is 0 Å². The van der Waals surface area contributed by atoms with Crippen molar-refractivity contribution in [2.24, 2.45) is 4.99 Å². The number of nitrogens with zero attached hydrogens (tertiary/aromatic N) is 2. The van der Waals surface area contributed by atoms with Gasteiger partial charge >= 0.3 is 0 Å². The molecule has 0 radical (unpaired) electrons. The molecule has 2 rings (SSSR count). The molecule has 0 saturated carbocycles. The number of hydrogen-bond acceptors (Lipinski definition) is 3. The fourth-order valence-corrected chi connectivity index (χ4v) is 3.19. The number of nitrogens with one attached hydrogen (secondary N) is 2. The zero-order valence-electron chi connectivity index (χ0n) is 16.3. The van der Waals surface area contributed by atoms with Gasteiger partial charge in [0.1, 0.15) is 5.75 Å². The minimum atomic E-state index is 0. The zero-order chi connectivity index (χ0) is 17.7. The molecule has 1 saturated heterocycles. The largest absolute Gasteiger partial charge is 0.494 e. The summed E-state index contributed by atoms with van der Waals surface area (Å²) >= 11 is 0. The predicted molar refractivity (Wildman–Crippen MR) is 121 cm³/mol. The number of halogens is 1. The third kappa shape index (κ3) is 9.07. The normalized spacial score (nSPS) is 15.7. The van der Waals surface area contributed by atoms with Crippen LogP contribution in [0.1, 0.15) is 44.6 Å². The lowest BCUT2D eigenvalue weighted by atomic mass is 10.2. The summed E-state index contributed by atoms with van der Waals surface area (Å²) in [6, 6.07) is 8.19. The maximum absolute atomic E-state index is 5.55. The fourth-order valence-electron chi connectivity index (χ4n) is 3.19. The summed E-state index contributed by atoms with van der Waals surface area (Å²) in [5.74, 6) is 1.78. The number of aliphatic imine (C=N–C) groups is 1. The quantitative estimate of drug-likeness (QED) is 0.262. The highest BCUT2D eigenvalue weighted by molar-refractivity contribution is 14.0. The lowest BCUT2D eigenvalue weighted by Gasteiger charge is -2.20. The van der Waals surface area contributed by atoms with Gasteiger partial charge in [0.15, 0.2) is 5.96 Å². The Morgan fingerprint density at radius 2 is 1.92 bits per heavy atom. The summed E-state index contributed by atoms with van der Waals surface area (Å²) in [7, 11) is 1.82. The second-order valence-corrected chi connectivity index (χ2v) is 6.54. The van der Waals surface area contributed by atoms with Gasteiger partial charge < -0.3 is 20.3 Å². The number of hydrogen-bond donors (Lipinski definition) is 2. The van der Waals surface area contributed by atoms with Gasteiger partial charge in [0.2, 0.25) is 0 Å². The van der Waals surface area contributed by atoms with E-state index in [-0.39, 0.29) is 24.0 Å². The van der Waals surface area contributed by atoms with Crippen LogP contribution in [-0.4, -0.2) is 50.7 Å². The molecule has 1 fully saturated rings. The van der Waals surface area contributed by atoms with Crippen LogP contribution in [0.4, 0.5) is 0 Å². The highest BCUT2D eigenvalue weighted by atomic mass is 127. The monoisotopic (exact) mass is 474 g/mol. The maximum atomic E-state index is 5.55. The number of rotatable bonds is 8.